The molecule has 0 aliphatic carbocycles. The molecule has 1 aliphatic heterocycles. The highest BCUT2D eigenvalue weighted by molar-refractivity contribution is 6.55. The van der Waals surface area contributed by atoms with Gasteiger partial charge in [-0.25, -0.2) is 13.9 Å². The van der Waals surface area contributed by atoms with E-state index in [4.69, 9.17) is 37.2 Å². The summed E-state index contributed by atoms with van der Waals surface area (Å²) in [6.07, 6.45) is 1.37. The summed E-state index contributed by atoms with van der Waals surface area (Å²) in [5, 5.41) is 8.37. The van der Waals surface area contributed by atoms with Gasteiger partial charge in [-0.1, -0.05) is 34.5 Å². The Labute approximate surface area is 190 Å². The lowest BCUT2D eigenvalue weighted by Crippen LogP contribution is -2.41. The Morgan fingerprint density at radius 2 is 1.87 bits per heavy atom. The molecule has 0 saturated carbocycles. The number of carbonyl (C=O) groups excluding carboxylic acids is 1. The Kier molecular flexibility index (Phi) is 6.81. The Hall–Kier alpha value is -1.94. The van der Waals surface area contributed by atoms with Crippen LogP contribution in [-0.4, -0.2) is 45.9 Å². The van der Waals surface area contributed by atoms with Gasteiger partial charge in [0.2, 0.25) is 0 Å². The molecule has 3 rings (SSSR count). The molecule has 11 heteroatoms. The van der Waals surface area contributed by atoms with Gasteiger partial charge in [0, 0.05) is 21.2 Å². The first kappa shape index (κ1) is 23.7. The third-order valence-corrected chi connectivity index (χ3v) is 5.90. The quantitative estimate of drug-likeness (QED) is 0.447. The topological polar surface area (TPSA) is 75.5 Å². The van der Waals surface area contributed by atoms with Crippen molar-refractivity contribution in [2.45, 2.75) is 52.4 Å². The van der Waals surface area contributed by atoms with Crippen LogP contribution < -0.4 is 0 Å². The van der Waals surface area contributed by atoms with Gasteiger partial charge in [0.25, 0.3) is 0 Å². The van der Waals surface area contributed by atoms with Crippen LogP contribution in [0.5, 0.6) is 0 Å². The van der Waals surface area contributed by atoms with Crippen molar-refractivity contribution >= 4 is 41.9 Å². The second-order valence-corrected chi connectivity index (χ2v) is 8.90. The lowest BCUT2D eigenvalue weighted by Gasteiger charge is -2.32. The van der Waals surface area contributed by atoms with Crippen LogP contribution >= 0.6 is 23.2 Å². The second kappa shape index (κ2) is 8.90. The van der Waals surface area contributed by atoms with E-state index in [1.54, 1.807) is 19.1 Å². The summed E-state index contributed by atoms with van der Waals surface area (Å²) in [7, 11) is -1.24. The summed E-state index contributed by atoms with van der Waals surface area (Å²) >= 11 is 12.4. The van der Waals surface area contributed by atoms with E-state index in [9.17, 15) is 4.79 Å². The van der Waals surface area contributed by atoms with Crippen LogP contribution in [0.2, 0.25) is 10.0 Å². The maximum atomic E-state index is 15.8. The predicted molar refractivity (Wildman–Crippen MR) is 117 cm³/mol. The molecule has 0 atom stereocenters. The van der Waals surface area contributed by atoms with Crippen LogP contribution in [0.4, 0.5) is 4.39 Å². The number of aromatic nitrogens is 3. The van der Waals surface area contributed by atoms with Crippen molar-refractivity contribution in [1.82, 2.24) is 15.0 Å². The Morgan fingerprint density at radius 1 is 1.23 bits per heavy atom. The number of carbonyl (C=O) groups is 1. The largest absolute Gasteiger partial charge is 0.525 e. The summed E-state index contributed by atoms with van der Waals surface area (Å²) in [4.78, 5) is 11.9. The standard InChI is InChI=1S/C20H23BCl2FN3O4/c1-6-29-18(28)16-11-27(26-25-16)10-14(13-8-7-12(22)9-15(13)23)17(24)21-30-19(2,3)20(4,5)31-21/h7-9,11H,6,10H2,1-5H3. The molecule has 1 fully saturated rings. The zero-order valence-electron chi connectivity index (χ0n) is 17.9. The number of esters is 1. The van der Waals surface area contributed by atoms with Crippen molar-refractivity contribution in [3.63, 3.8) is 0 Å². The maximum Gasteiger partial charge on any atom is 0.525 e. The van der Waals surface area contributed by atoms with E-state index in [-0.39, 0.29) is 29.4 Å². The lowest BCUT2D eigenvalue weighted by molar-refractivity contribution is 0.00578. The molecule has 1 saturated heterocycles. The average Bonchev–Trinajstić information content (AvgIpc) is 3.22. The van der Waals surface area contributed by atoms with Gasteiger partial charge in [0.15, 0.2) is 5.69 Å². The summed E-state index contributed by atoms with van der Waals surface area (Å²) in [5.41, 5.74) is -1.54. The number of rotatable bonds is 6. The van der Waals surface area contributed by atoms with Gasteiger partial charge in [-0.05, 0) is 46.8 Å². The van der Waals surface area contributed by atoms with E-state index >= 15 is 4.39 Å². The fourth-order valence-corrected chi connectivity index (χ4v) is 3.47. The Balaban J connectivity index is 2.02. The van der Waals surface area contributed by atoms with Gasteiger partial charge in [0.1, 0.15) is 5.73 Å². The Bertz CT molecular complexity index is 1010. The molecule has 0 unspecified atom stereocenters. The molecular weight excluding hydrogens is 447 g/mol. The van der Waals surface area contributed by atoms with Gasteiger partial charge in [-0.2, -0.15) is 0 Å². The van der Waals surface area contributed by atoms with E-state index in [2.05, 4.69) is 10.3 Å². The van der Waals surface area contributed by atoms with E-state index in [1.807, 2.05) is 27.7 Å². The van der Waals surface area contributed by atoms with Gasteiger partial charge >= 0.3 is 13.1 Å². The molecular formula is C20H23BCl2FN3O4. The maximum absolute atomic E-state index is 15.8. The van der Waals surface area contributed by atoms with Crippen molar-refractivity contribution < 1.29 is 23.2 Å². The summed E-state index contributed by atoms with van der Waals surface area (Å²) in [5.74, 6) is -0.616. The van der Waals surface area contributed by atoms with Crippen LogP contribution in [0, 0.1) is 0 Å². The normalized spacial score (nSPS) is 18.1. The van der Waals surface area contributed by atoms with Crippen LogP contribution in [0.25, 0.3) is 5.57 Å². The number of hydrogen-bond donors (Lipinski definition) is 0. The monoisotopic (exact) mass is 469 g/mol. The molecule has 31 heavy (non-hydrogen) atoms. The molecule has 166 valence electrons. The molecule has 1 aromatic heterocycles. The summed E-state index contributed by atoms with van der Waals surface area (Å²) in [6, 6.07) is 4.72. The predicted octanol–water partition coefficient (Wildman–Crippen LogP) is 4.77. The van der Waals surface area contributed by atoms with Crippen LogP contribution in [0.3, 0.4) is 0 Å². The van der Waals surface area contributed by atoms with Gasteiger partial charge in [-0.3, -0.25) is 0 Å². The smallest absolute Gasteiger partial charge is 0.461 e. The molecule has 2 heterocycles. The van der Waals surface area contributed by atoms with Crippen molar-refractivity contribution in [3.8, 4) is 0 Å². The number of benzene rings is 1. The second-order valence-electron chi connectivity index (χ2n) is 8.06. The minimum atomic E-state index is -1.24. The molecule has 0 amide bonds. The first-order valence-corrected chi connectivity index (χ1v) is 10.5. The highest BCUT2D eigenvalue weighted by Crippen LogP contribution is 2.41. The van der Waals surface area contributed by atoms with E-state index in [1.165, 1.54) is 16.9 Å². The molecule has 0 bridgehead atoms. The minimum absolute atomic E-state index is 0.0134. The zero-order valence-corrected chi connectivity index (χ0v) is 19.4. The molecule has 0 N–H and O–H groups in total. The fourth-order valence-electron chi connectivity index (χ4n) is 2.95. The number of hydrogen-bond acceptors (Lipinski definition) is 6. The number of allylic oxidation sites excluding steroid dienone is 1. The third-order valence-electron chi connectivity index (χ3n) is 5.35. The van der Waals surface area contributed by atoms with E-state index in [0.29, 0.717) is 10.6 Å². The number of nitrogens with zero attached hydrogens (tertiary/aromatic N) is 3. The zero-order chi connectivity index (χ0) is 23.0. The Morgan fingerprint density at radius 3 is 2.45 bits per heavy atom. The SMILES string of the molecule is CCOC(=O)c1cn(CC(=C(F)B2OC(C)(C)C(C)(C)O2)c2ccc(Cl)cc2Cl)nn1. The van der Waals surface area contributed by atoms with Crippen LogP contribution in [-0.2, 0) is 20.6 Å². The van der Waals surface area contributed by atoms with E-state index < -0.39 is 30.0 Å². The number of halogens is 3. The average molecular weight is 470 g/mol. The van der Waals surface area contributed by atoms with Crippen LogP contribution in [0.15, 0.2) is 30.1 Å². The third kappa shape index (κ3) is 4.95. The highest BCUT2D eigenvalue weighted by Gasteiger charge is 2.53. The first-order valence-electron chi connectivity index (χ1n) is 9.72. The molecule has 0 radical (unpaired) electrons. The highest BCUT2D eigenvalue weighted by atomic mass is 35.5. The first-order chi connectivity index (χ1) is 14.4. The lowest BCUT2D eigenvalue weighted by atomic mass is 9.82. The number of ether oxygens (including phenoxy) is 1. The van der Waals surface area contributed by atoms with Crippen molar-refractivity contribution in [1.29, 1.82) is 0 Å². The van der Waals surface area contributed by atoms with Gasteiger partial charge in [-0.15, -0.1) is 5.10 Å². The van der Waals surface area contributed by atoms with Crippen molar-refractivity contribution in [2.75, 3.05) is 6.61 Å². The molecule has 7 nitrogen and oxygen atoms in total. The van der Waals surface area contributed by atoms with Crippen molar-refractivity contribution in [3.05, 3.63) is 51.4 Å². The van der Waals surface area contributed by atoms with E-state index in [0.717, 1.165) is 0 Å². The van der Waals surface area contributed by atoms with Gasteiger partial charge in [0.05, 0.1) is 30.6 Å². The molecule has 1 aromatic carbocycles. The fraction of sp³-hybridized carbons (Fsp3) is 0.450. The summed E-state index contributed by atoms with van der Waals surface area (Å²) < 4.78 is 33.7. The van der Waals surface area contributed by atoms with Crippen molar-refractivity contribution in [2.24, 2.45) is 0 Å². The molecule has 2 aromatic rings. The minimum Gasteiger partial charge on any atom is -0.461 e. The molecule has 0 spiro atoms. The van der Waals surface area contributed by atoms with Crippen LogP contribution in [0.1, 0.15) is 50.7 Å². The summed E-state index contributed by atoms with van der Waals surface area (Å²) in [6.45, 7) is 9.14. The molecule has 1 aliphatic rings. The van der Waals surface area contributed by atoms with Gasteiger partial charge < -0.3 is 14.0 Å².